The molecule has 116 valence electrons. The van der Waals surface area contributed by atoms with E-state index >= 15 is 0 Å². The SMILES string of the molecule is O=C(COc1ccc(-c2nnco2)cc1)NCc1ccccc1. The summed E-state index contributed by atoms with van der Waals surface area (Å²) in [4.78, 5) is 11.8. The summed E-state index contributed by atoms with van der Waals surface area (Å²) in [5.41, 5.74) is 1.84. The van der Waals surface area contributed by atoms with Crippen molar-refractivity contribution < 1.29 is 13.9 Å². The van der Waals surface area contributed by atoms with Gasteiger partial charge in [-0.05, 0) is 29.8 Å². The summed E-state index contributed by atoms with van der Waals surface area (Å²) in [6.45, 7) is 0.450. The molecule has 3 aromatic rings. The van der Waals surface area contributed by atoms with E-state index in [1.165, 1.54) is 6.39 Å². The molecular weight excluding hydrogens is 294 g/mol. The van der Waals surface area contributed by atoms with Crippen LogP contribution in [-0.2, 0) is 11.3 Å². The van der Waals surface area contributed by atoms with Gasteiger partial charge in [0.2, 0.25) is 12.3 Å². The number of nitrogens with one attached hydrogen (secondary N) is 1. The highest BCUT2D eigenvalue weighted by molar-refractivity contribution is 5.77. The van der Waals surface area contributed by atoms with Crippen molar-refractivity contribution in [3.63, 3.8) is 0 Å². The first kappa shape index (κ1) is 14.8. The molecule has 0 aliphatic rings. The Morgan fingerprint density at radius 2 is 1.87 bits per heavy atom. The van der Waals surface area contributed by atoms with Crippen LogP contribution in [0.3, 0.4) is 0 Å². The summed E-state index contributed by atoms with van der Waals surface area (Å²) in [7, 11) is 0. The molecule has 1 heterocycles. The molecule has 0 spiro atoms. The summed E-state index contributed by atoms with van der Waals surface area (Å²) >= 11 is 0. The van der Waals surface area contributed by atoms with Crippen molar-refractivity contribution in [2.45, 2.75) is 6.54 Å². The van der Waals surface area contributed by atoms with Gasteiger partial charge in [0.1, 0.15) is 5.75 Å². The fourth-order valence-electron chi connectivity index (χ4n) is 1.99. The van der Waals surface area contributed by atoms with E-state index < -0.39 is 0 Å². The molecule has 3 rings (SSSR count). The zero-order chi connectivity index (χ0) is 15.9. The maximum atomic E-state index is 11.8. The van der Waals surface area contributed by atoms with Gasteiger partial charge in [-0.15, -0.1) is 10.2 Å². The minimum atomic E-state index is -0.171. The predicted octanol–water partition coefficient (Wildman–Crippen LogP) is 2.43. The summed E-state index contributed by atoms with van der Waals surface area (Å²) in [5, 5.41) is 10.3. The van der Waals surface area contributed by atoms with Crippen LogP contribution in [0.5, 0.6) is 5.75 Å². The Morgan fingerprint density at radius 1 is 1.09 bits per heavy atom. The number of carbonyl (C=O) groups is 1. The van der Waals surface area contributed by atoms with Gasteiger partial charge in [-0.3, -0.25) is 4.79 Å². The molecular formula is C17H15N3O3. The minimum Gasteiger partial charge on any atom is -0.484 e. The second-order valence-corrected chi connectivity index (χ2v) is 4.82. The molecule has 0 aliphatic heterocycles. The molecule has 0 unspecified atom stereocenters. The van der Waals surface area contributed by atoms with Crippen molar-refractivity contribution in [2.24, 2.45) is 0 Å². The molecule has 23 heavy (non-hydrogen) atoms. The molecule has 2 aromatic carbocycles. The zero-order valence-electron chi connectivity index (χ0n) is 12.3. The summed E-state index contributed by atoms with van der Waals surface area (Å²) in [6, 6.07) is 16.8. The second kappa shape index (κ2) is 7.22. The largest absolute Gasteiger partial charge is 0.484 e. The molecule has 0 saturated heterocycles. The van der Waals surface area contributed by atoms with Crippen molar-refractivity contribution in [2.75, 3.05) is 6.61 Å². The second-order valence-electron chi connectivity index (χ2n) is 4.82. The van der Waals surface area contributed by atoms with Gasteiger partial charge in [0.15, 0.2) is 6.61 Å². The topological polar surface area (TPSA) is 77.2 Å². The first-order valence-electron chi connectivity index (χ1n) is 7.11. The van der Waals surface area contributed by atoms with Crippen LogP contribution in [0, 0.1) is 0 Å². The van der Waals surface area contributed by atoms with E-state index in [9.17, 15) is 4.79 Å². The average molecular weight is 309 g/mol. The van der Waals surface area contributed by atoms with Gasteiger partial charge in [-0.25, -0.2) is 0 Å². The Balaban J connectivity index is 1.47. The van der Waals surface area contributed by atoms with Crippen LogP contribution in [-0.4, -0.2) is 22.7 Å². The molecule has 0 aliphatic carbocycles. The Hall–Kier alpha value is -3.15. The molecule has 1 amide bonds. The number of carbonyl (C=O) groups excluding carboxylic acids is 1. The first-order chi connectivity index (χ1) is 11.3. The molecule has 0 bridgehead atoms. The van der Waals surface area contributed by atoms with Crippen molar-refractivity contribution in [1.82, 2.24) is 15.5 Å². The van der Waals surface area contributed by atoms with Gasteiger partial charge in [0, 0.05) is 12.1 Å². The van der Waals surface area contributed by atoms with Crippen LogP contribution < -0.4 is 10.1 Å². The highest BCUT2D eigenvalue weighted by Gasteiger charge is 2.05. The number of aromatic nitrogens is 2. The van der Waals surface area contributed by atoms with E-state index in [1.807, 2.05) is 30.3 Å². The first-order valence-corrected chi connectivity index (χ1v) is 7.11. The lowest BCUT2D eigenvalue weighted by atomic mass is 10.2. The van der Waals surface area contributed by atoms with Crippen LogP contribution in [0.2, 0.25) is 0 Å². The smallest absolute Gasteiger partial charge is 0.258 e. The molecule has 1 N–H and O–H groups in total. The van der Waals surface area contributed by atoms with Crippen LogP contribution in [0.15, 0.2) is 65.4 Å². The number of hydrogen-bond acceptors (Lipinski definition) is 5. The Kier molecular flexibility index (Phi) is 4.63. The highest BCUT2D eigenvalue weighted by Crippen LogP contribution is 2.19. The van der Waals surface area contributed by atoms with Gasteiger partial charge >= 0.3 is 0 Å². The van der Waals surface area contributed by atoms with E-state index in [2.05, 4.69) is 15.5 Å². The van der Waals surface area contributed by atoms with Gasteiger partial charge in [0.05, 0.1) is 0 Å². The number of amides is 1. The van der Waals surface area contributed by atoms with Crippen molar-refractivity contribution >= 4 is 5.91 Å². The normalized spacial score (nSPS) is 10.3. The van der Waals surface area contributed by atoms with Crippen LogP contribution in [0.1, 0.15) is 5.56 Å². The van der Waals surface area contributed by atoms with Crippen molar-refractivity contribution in [3.05, 3.63) is 66.6 Å². The number of benzene rings is 2. The Labute approximate surface area is 133 Å². The summed E-state index contributed by atoms with van der Waals surface area (Å²) in [5.74, 6) is 0.870. The lowest BCUT2D eigenvalue weighted by Gasteiger charge is -2.08. The molecule has 0 fully saturated rings. The Morgan fingerprint density at radius 3 is 2.57 bits per heavy atom. The van der Waals surface area contributed by atoms with E-state index in [0.717, 1.165) is 11.1 Å². The molecule has 6 heteroatoms. The molecule has 0 atom stereocenters. The van der Waals surface area contributed by atoms with Gasteiger partial charge in [0.25, 0.3) is 5.91 Å². The minimum absolute atomic E-state index is 0.0350. The quantitative estimate of drug-likeness (QED) is 0.756. The molecule has 0 saturated carbocycles. The third-order valence-electron chi connectivity index (χ3n) is 3.16. The van der Waals surface area contributed by atoms with E-state index in [-0.39, 0.29) is 12.5 Å². The number of ether oxygens (including phenoxy) is 1. The van der Waals surface area contributed by atoms with E-state index in [0.29, 0.717) is 18.2 Å². The monoisotopic (exact) mass is 309 g/mol. The molecule has 0 radical (unpaired) electrons. The Bertz CT molecular complexity index is 741. The molecule has 1 aromatic heterocycles. The maximum Gasteiger partial charge on any atom is 0.258 e. The van der Waals surface area contributed by atoms with Crippen LogP contribution >= 0.6 is 0 Å². The lowest BCUT2D eigenvalue weighted by molar-refractivity contribution is -0.123. The van der Waals surface area contributed by atoms with Gasteiger partial charge in [-0.1, -0.05) is 30.3 Å². The number of nitrogens with zero attached hydrogens (tertiary/aromatic N) is 2. The number of rotatable bonds is 6. The predicted molar refractivity (Wildman–Crippen MR) is 83.5 cm³/mol. The fourth-order valence-corrected chi connectivity index (χ4v) is 1.99. The van der Waals surface area contributed by atoms with Gasteiger partial charge < -0.3 is 14.5 Å². The van der Waals surface area contributed by atoms with Gasteiger partial charge in [-0.2, -0.15) is 0 Å². The summed E-state index contributed by atoms with van der Waals surface area (Å²) in [6.07, 6.45) is 1.27. The third kappa shape index (κ3) is 4.16. The highest BCUT2D eigenvalue weighted by atomic mass is 16.5. The standard InChI is InChI=1S/C17H15N3O3/c21-16(18-10-13-4-2-1-3-5-13)11-22-15-8-6-14(7-9-15)17-20-19-12-23-17/h1-9,12H,10-11H2,(H,18,21). The molecule has 6 nitrogen and oxygen atoms in total. The van der Waals surface area contributed by atoms with E-state index in [4.69, 9.17) is 9.15 Å². The summed E-state index contributed by atoms with van der Waals surface area (Å²) < 4.78 is 10.6. The zero-order valence-corrected chi connectivity index (χ0v) is 12.3. The van der Waals surface area contributed by atoms with Crippen LogP contribution in [0.25, 0.3) is 11.5 Å². The van der Waals surface area contributed by atoms with E-state index in [1.54, 1.807) is 24.3 Å². The van der Waals surface area contributed by atoms with Crippen LogP contribution in [0.4, 0.5) is 0 Å². The fraction of sp³-hybridized carbons (Fsp3) is 0.118. The van der Waals surface area contributed by atoms with Crippen molar-refractivity contribution in [3.8, 4) is 17.2 Å². The third-order valence-corrected chi connectivity index (χ3v) is 3.16. The average Bonchev–Trinajstić information content (AvgIpc) is 3.14. The lowest BCUT2D eigenvalue weighted by Crippen LogP contribution is -2.28. The van der Waals surface area contributed by atoms with Crippen molar-refractivity contribution in [1.29, 1.82) is 0 Å². The maximum absolute atomic E-state index is 11.8. The number of hydrogen-bond donors (Lipinski definition) is 1.